The van der Waals surface area contributed by atoms with Gasteiger partial charge in [-0.1, -0.05) is 72.3 Å². The van der Waals surface area contributed by atoms with E-state index in [2.05, 4.69) is 38.1 Å². The fourth-order valence-corrected chi connectivity index (χ4v) is 2.67. The Hall–Kier alpha value is -3.07. The molecule has 0 unspecified atom stereocenters. The SMILES string of the molecule is COC=C(C(=O)OC)c1ccccc1C=CC=Cc1ccc(C)cc1C. The predicted molar refractivity (Wildman–Crippen MR) is 107 cm³/mol. The number of allylic oxidation sites excluding steroid dienone is 2. The van der Waals surface area contributed by atoms with Gasteiger partial charge in [-0.15, -0.1) is 0 Å². The van der Waals surface area contributed by atoms with E-state index in [1.54, 1.807) is 0 Å². The summed E-state index contributed by atoms with van der Waals surface area (Å²) in [5, 5.41) is 0. The quantitative estimate of drug-likeness (QED) is 0.312. The number of rotatable bonds is 6. The van der Waals surface area contributed by atoms with Crippen molar-refractivity contribution in [1.82, 2.24) is 0 Å². The summed E-state index contributed by atoms with van der Waals surface area (Å²) in [7, 11) is 2.87. The third kappa shape index (κ3) is 4.96. The number of benzene rings is 2. The van der Waals surface area contributed by atoms with E-state index in [0.29, 0.717) is 5.57 Å². The van der Waals surface area contributed by atoms with Crippen molar-refractivity contribution in [2.45, 2.75) is 13.8 Å². The zero-order valence-corrected chi connectivity index (χ0v) is 15.7. The van der Waals surface area contributed by atoms with E-state index in [1.165, 1.54) is 37.2 Å². The molecule has 0 atom stereocenters. The molecule has 0 amide bonds. The highest BCUT2D eigenvalue weighted by Crippen LogP contribution is 2.22. The standard InChI is InChI=1S/C23H24O3/c1-17-13-14-19(18(2)15-17)9-5-6-10-20-11-7-8-12-21(20)22(16-25-3)23(24)26-4/h5-16H,1-4H3. The molecule has 0 saturated carbocycles. The molecule has 0 heterocycles. The van der Waals surface area contributed by atoms with Crippen molar-refractivity contribution < 1.29 is 14.3 Å². The molecule has 3 nitrogen and oxygen atoms in total. The lowest BCUT2D eigenvalue weighted by molar-refractivity contribution is -0.133. The number of hydrogen-bond donors (Lipinski definition) is 0. The van der Waals surface area contributed by atoms with Gasteiger partial charge >= 0.3 is 5.97 Å². The van der Waals surface area contributed by atoms with Crippen LogP contribution in [0.25, 0.3) is 17.7 Å². The van der Waals surface area contributed by atoms with Crippen LogP contribution in [-0.2, 0) is 14.3 Å². The first-order chi connectivity index (χ1) is 12.6. The monoisotopic (exact) mass is 348 g/mol. The molecule has 0 aliphatic heterocycles. The number of hydrogen-bond acceptors (Lipinski definition) is 3. The van der Waals surface area contributed by atoms with E-state index >= 15 is 0 Å². The summed E-state index contributed by atoms with van der Waals surface area (Å²) in [5.74, 6) is -0.432. The van der Waals surface area contributed by atoms with Gasteiger partial charge in [0, 0.05) is 0 Å². The Morgan fingerprint density at radius 3 is 2.27 bits per heavy atom. The summed E-state index contributed by atoms with van der Waals surface area (Å²) in [6.07, 6.45) is 9.39. The second kappa shape index (κ2) is 9.42. The Labute approximate surface area is 155 Å². The third-order valence-electron chi connectivity index (χ3n) is 3.98. The Kier molecular flexibility index (Phi) is 6.98. The van der Waals surface area contributed by atoms with Gasteiger partial charge in [-0.05, 0) is 36.1 Å². The molecule has 2 aromatic rings. The van der Waals surface area contributed by atoms with Gasteiger partial charge in [0.15, 0.2) is 0 Å². The smallest absolute Gasteiger partial charge is 0.341 e. The van der Waals surface area contributed by atoms with Gasteiger partial charge in [0.05, 0.1) is 20.5 Å². The van der Waals surface area contributed by atoms with E-state index in [4.69, 9.17) is 9.47 Å². The molecule has 26 heavy (non-hydrogen) atoms. The van der Waals surface area contributed by atoms with E-state index in [1.807, 2.05) is 42.5 Å². The summed E-state index contributed by atoms with van der Waals surface area (Å²) in [5.41, 5.74) is 5.73. The van der Waals surface area contributed by atoms with Crippen molar-refractivity contribution >= 4 is 23.7 Å². The van der Waals surface area contributed by atoms with Crippen LogP contribution in [0.2, 0.25) is 0 Å². The summed E-state index contributed by atoms with van der Waals surface area (Å²) in [6, 6.07) is 14.0. The predicted octanol–water partition coefficient (Wildman–Crippen LogP) is 5.19. The highest BCUT2D eigenvalue weighted by molar-refractivity contribution is 6.17. The first kappa shape index (κ1) is 19.3. The fraction of sp³-hybridized carbons (Fsp3) is 0.174. The van der Waals surface area contributed by atoms with Gasteiger partial charge in [0.25, 0.3) is 0 Å². The van der Waals surface area contributed by atoms with Crippen LogP contribution in [0.3, 0.4) is 0 Å². The van der Waals surface area contributed by atoms with Crippen LogP contribution in [0.1, 0.15) is 27.8 Å². The molecule has 0 aromatic heterocycles. The molecule has 3 heteroatoms. The third-order valence-corrected chi connectivity index (χ3v) is 3.98. The average molecular weight is 348 g/mol. The summed E-state index contributed by atoms with van der Waals surface area (Å²) in [4.78, 5) is 12.0. The molecule has 0 aliphatic carbocycles. The zero-order chi connectivity index (χ0) is 18.9. The van der Waals surface area contributed by atoms with Gasteiger partial charge in [-0.3, -0.25) is 0 Å². The maximum atomic E-state index is 12.0. The molecule has 0 saturated heterocycles. The minimum Gasteiger partial charge on any atom is -0.503 e. The molecule has 0 bridgehead atoms. The number of ether oxygens (including phenoxy) is 2. The van der Waals surface area contributed by atoms with Crippen molar-refractivity contribution in [3.63, 3.8) is 0 Å². The average Bonchev–Trinajstić information content (AvgIpc) is 2.64. The van der Waals surface area contributed by atoms with Crippen molar-refractivity contribution in [3.05, 3.63) is 88.7 Å². The van der Waals surface area contributed by atoms with Crippen LogP contribution in [-0.4, -0.2) is 20.2 Å². The van der Waals surface area contributed by atoms with Crippen LogP contribution >= 0.6 is 0 Å². The Bertz CT molecular complexity index is 858. The minimum absolute atomic E-state index is 0.383. The van der Waals surface area contributed by atoms with Crippen LogP contribution in [0.15, 0.2) is 60.9 Å². The summed E-state index contributed by atoms with van der Waals surface area (Å²) >= 11 is 0. The highest BCUT2D eigenvalue weighted by Gasteiger charge is 2.15. The highest BCUT2D eigenvalue weighted by atomic mass is 16.5. The first-order valence-electron chi connectivity index (χ1n) is 8.39. The molecule has 0 fully saturated rings. The number of methoxy groups -OCH3 is 2. The molecular weight excluding hydrogens is 324 g/mol. The van der Waals surface area contributed by atoms with Gasteiger partial charge in [-0.25, -0.2) is 4.79 Å². The molecule has 2 aromatic carbocycles. The Balaban J connectivity index is 2.27. The number of carbonyl (C=O) groups is 1. The van der Waals surface area contributed by atoms with Crippen LogP contribution in [0, 0.1) is 13.8 Å². The second-order valence-electron chi connectivity index (χ2n) is 5.92. The second-order valence-corrected chi connectivity index (χ2v) is 5.92. The molecule has 0 N–H and O–H groups in total. The van der Waals surface area contributed by atoms with Crippen LogP contribution < -0.4 is 0 Å². The minimum atomic E-state index is -0.432. The van der Waals surface area contributed by atoms with E-state index in [9.17, 15) is 4.79 Å². The summed E-state index contributed by atoms with van der Waals surface area (Å²) < 4.78 is 9.90. The van der Waals surface area contributed by atoms with Gasteiger partial charge in [0.2, 0.25) is 0 Å². The summed E-state index contributed by atoms with van der Waals surface area (Å²) in [6.45, 7) is 4.19. The molecule has 0 radical (unpaired) electrons. The largest absolute Gasteiger partial charge is 0.503 e. The Morgan fingerprint density at radius 2 is 1.62 bits per heavy atom. The van der Waals surface area contributed by atoms with Crippen LogP contribution in [0.4, 0.5) is 0 Å². The lowest BCUT2D eigenvalue weighted by atomic mass is 10.00. The first-order valence-corrected chi connectivity index (χ1v) is 8.39. The van der Waals surface area contributed by atoms with Crippen molar-refractivity contribution in [1.29, 1.82) is 0 Å². The molecule has 0 spiro atoms. The maximum absolute atomic E-state index is 12.0. The number of carbonyl (C=O) groups excluding carboxylic acids is 1. The molecule has 134 valence electrons. The van der Waals surface area contributed by atoms with Gasteiger partial charge in [0.1, 0.15) is 5.57 Å². The van der Waals surface area contributed by atoms with E-state index in [0.717, 1.165) is 11.1 Å². The Morgan fingerprint density at radius 1 is 0.923 bits per heavy atom. The normalized spacial score (nSPS) is 11.9. The van der Waals surface area contributed by atoms with Crippen molar-refractivity contribution in [2.24, 2.45) is 0 Å². The fourth-order valence-electron chi connectivity index (χ4n) is 2.67. The van der Waals surface area contributed by atoms with Gasteiger partial charge in [-0.2, -0.15) is 0 Å². The van der Waals surface area contributed by atoms with Crippen molar-refractivity contribution in [2.75, 3.05) is 14.2 Å². The number of aryl methyl sites for hydroxylation is 2. The topological polar surface area (TPSA) is 35.5 Å². The lowest BCUT2D eigenvalue weighted by Crippen LogP contribution is -2.05. The van der Waals surface area contributed by atoms with Crippen molar-refractivity contribution in [3.8, 4) is 0 Å². The maximum Gasteiger partial charge on any atom is 0.341 e. The zero-order valence-electron chi connectivity index (χ0n) is 15.7. The lowest BCUT2D eigenvalue weighted by Gasteiger charge is -2.08. The molecule has 2 rings (SSSR count). The van der Waals surface area contributed by atoms with Crippen LogP contribution in [0.5, 0.6) is 0 Å². The van der Waals surface area contributed by atoms with Gasteiger partial charge < -0.3 is 9.47 Å². The van der Waals surface area contributed by atoms with E-state index < -0.39 is 5.97 Å². The van der Waals surface area contributed by atoms with E-state index in [-0.39, 0.29) is 0 Å². The number of esters is 1. The molecule has 0 aliphatic rings. The molecular formula is C23H24O3.